The van der Waals surface area contributed by atoms with E-state index < -0.39 is 0 Å². The fourth-order valence-corrected chi connectivity index (χ4v) is 2.16. The maximum atomic E-state index is 11.6. The molecule has 2 N–H and O–H groups in total. The average molecular weight is 245 g/mol. The molecule has 0 bridgehead atoms. The van der Waals surface area contributed by atoms with E-state index in [1.165, 1.54) is 0 Å². The molecular formula is C12H11N3O3. The van der Waals surface area contributed by atoms with E-state index >= 15 is 0 Å². The van der Waals surface area contributed by atoms with Crippen LogP contribution in [0.5, 0.6) is 0 Å². The third-order valence-corrected chi connectivity index (χ3v) is 3.24. The standard InChI is InChI=1S/C12H11N3O3/c1-6-5-15(12(6)18)7-2-3-8-9(4-7)11(17)14-13-10(8)16/h2-4,6H,5H2,1H3,(H,13,16)(H,14,17). The Hall–Kier alpha value is -2.37. The lowest BCUT2D eigenvalue weighted by atomic mass is 10.00. The quantitative estimate of drug-likeness (QED) is 0.704. The van der Waals surface area contributed by atoms with E-state index in [0.29, 0.717) is 23.0 Å². The molecule has 1 aromatic heterocycles. The lowest BCUT2D eigenvalue weighted by Gasteiger charge is -2.36. The number of benzene rings is 1. The Morgan fingerprint density at radius 2 is 1.78 bits per heavy atom. The SMILES string of the molecule is CC1CN(c2ccc3c(=O)[nH][nH]c(=O)c3c2)C1=O. The van der Waals surface area contributed by atoms with Gasteiger partial charge in [0, 0.05) is 12.2 Å². The number of hydrogen-bond acceptors (Lipinski definition) is 3. The van der Waals surface area contributed by atoms with E-state index in [9.17, 15) is 14.4 Å². The van der Waals surface area contributed by atoms with Gasteiger partial charge in [0.1, 0.15) is 0 Å². The van der Waals surface area contributed by atoms with Crippen LogP contribution in [0.1, 0.15) is 6.92 Å². The molecule has 6 heteroatoms. The van der Waals surface area contributed by atoms with Crippen LogP contribution in [0.25, 0.3) is 10.8 Å². The van der Waals surface area contributed by atoms with Crippen molar-refractivity contribution >= 4 is 22.4 Å². The molecule has 1 atom stereocenters. The van der Waals surface area contributed by atoms with E-state index in [1.54, 1.807) is 23.1 Å². The lowest BCUT2D eigenvalue weighted by Crippen LogP contribution is -2.51. The van der Waals surface area contributed by atoms with Gasteiger partial charge in [0.15, 0.2) is 0 Å². The molecule has 1 saturated heterocycles. The van der Waals surface area contributed by atoms with E-state index in [-0.39, 0.29) is 22.9 Å². The van der Waals surface area contributed by atoms with Crippen LogP contribution in [0, 0.1) is 5.92 Å². The molecule has 2 aromatic rings. The van der Waals surface area contributed by atoms with Gasteiger partial charge in [-0.25, -0.2) is 0 Å². The number of H-pyrrole nitrogens is 2. The van der Waals surface area contributed by atoms with Crippen molar-refractivity contribution in [3.05, 3.63) is 38.9 Å². The fourth-order valence-electron chi connectivity index (χ4n) is 2.16. The molecule has 18 heavy (non-hydrogen) atoms. The van der Waals surface area contributed by atoms with Gasteiger partial charge in [0.25, 0.3) is 11.1 Å². The van der Waals surface area contributed by atoms with Crippen LogP contribution in [0.3, 0.4) is 0 Å². The second-order valence-electron chi connectivity index (χ2n) is 4.49. The first-order chi connectivity index (χ1) is 8.58. The number of aromatic nitrogens is 2. The van der Waals surface area contributed by atoms with Gasteiger partial charge >= 0.3 is 0 Å². The van der Waals surface area contributed by atoms with Crippen molar-refractivity contribution in [1.29, 1.82) is 0 Å². The normalized spacial score (nSPS) is 19.1. The molecule has 6 nitrogen and oxygen atoms in total. The molecule has 1 amide bonds. The lowest BCUT2D eigenvalue weighted by molar-refractivity contribution is -0.126. The third kappa shape index (κ3) is 1.38. The zero-order valence-electron chi connectivity index (χ0n) is 9.69. The molecule has 0 saturated carbocycles. The van der Waals surface area contributed by atoms with Crippen molar-refractivity contribution in [3.63, 3.8) is 0 Å². The molecule has 2 heterocycles. The molecule has 1 aromatic carbocycles. The monoisotopic (exact) mass is 245 g/mol. The topological polar surface area (TPSA) is 86.0 Å². The molecule has 1 aliphatic heterocycles. The summed E-state index contributed by atoms with van der Waals surface area (Å²) in [4.78, 5) is 36.4. The highest BCUT2D eigenvalue weighted by Crippen LogP contribution is 2.26. The molecule has 0 radical (unpaired) electrons. The van der Waals surface area contributed by atoms with Crippen molar-refractivity contribution in [2.75, 3.05) is 11.4 Å². The van der Waals surface area contributed by atoms with E-state index in [2.05, 4.69) is 10.2 Å². The van der Waals surface area contributed by atoms with Gasteiger partial charge in [-0.3, -0.25) is 24.6 Å². The minimum absolute atomic E-state index is 0.0261. The molecule has 1 aliphatic rings. The molecule has 1 fully saturated rings. The molecule has 0 spiro atoms. The number of carbonyl (C=O) groups is 1. The van der Waals surface area contributed by atoms with Crippen LogP contribution in [-0.2, 0) is 4.79 Å². The van der Waals surface area contributed by atoms with Crippen LogP contribution < -0.4 is 16.0 Å². The number of rotatable bonds is 1. The molecule has 0 aliphatic carbocycles. The van der Waals surface area contributed by atoms with Gasteiger partial charge in [0.2, 0.25) is 5.91 Å². The maximum Gasteiger partial charge on any atom is 0.270 e. The smallest absolute Gasteiger partial charge is 0.270 e. The number of fused-ring (bicyclic) bond motifs is 1. The highest BCUT2D eigenvalue weighted by molar-refractivity contribution is 6.02. The third-order valence-electron chi connectivity index (χ3n) is 3.24. The summed E-state index contributed by atoms with van der Waals surface area (Å²) in [6.45, 7) is 2.50. The van der Waals surface area contributed by atoms with Crippen molar-refractivity contribution < 1.29 is 4.79 Å². The molecular weight excluding hydrogens is 234 g/mol. The number of amides is 1. The first-order valence-electron chi connectivity index (χ1n) is 5.64. The number of β-lactam (4-membered cyclic amide) rings is 1. The predicted octanol–water partition coefficient (Wildman–Crippen LogP) is 0.199. The van der Waals surface area contributed by atoms with Crippen LogP contribution in [0.15, 0.2) is 27.8 Å². The van der Waals surface area contributed by atoms with Crippen molar-refractivity contribution in [1.82, 2.24) is 10.2 Å². The van der Waals surface area contributed by atoms with Gasteiger partial charge in [-0.05, 0) is 18.2 Å². The van der Waals surface area contributed by atoms with Crippen LogP contribution in [0.2, 0.25) is 0 Å². The Morgan fingerprint density at radius 3 is 2.39 bits per heavy atom. The van der Waals surface area contributed by atoms with E-state index in [1.807, 2.05) is 6.92 Å². The second kappa shape index (κ2) is 3.56. The number of aromatic amines is 2. The summed E-state index contributed by atoms with van der Waals surface area (Å²) in [7, 11) is 0. The number of nitrogens with one attached hydrogen (secondary N) is 2. The van der Waals surface area contributed by atoms with Gasteiger partial charge in [-0.15, -0.1) is 0 Å². The minimum Gasteiger partial charge on any atom is -0.311 e. The maximum absolute atomic E-state index is 11.6. The summed E-state index contributed by atoms with van der Waals surface area (Å²) in [5, 5.41) is 5.15. The Labute approximate surface area is 101 Å². The van der Waals surface area contributed by atoms with Gasteiger partial charge in [-0.2, -0.15) is 0 Å². The molecule has 3 rings (SSSR count). The summed E-state index contributed by atoms with van der Waals surface area (Å²) in [6.07, 6.45) is 0. The van der Waals surface area contributed by atoms with E-state index in [0.717, 1.165) is 0 Å². The summed E-state index contributed by atoms with van der Waals surface area (Å²) in [5.41, 5.74) is -0.0615. The zero-order chi connectivity index (χ0) is 12.9. The average Bonchev–Trinajstić information content (AvgIpc) is 2.39. The Balaban J connectivity index is 2.18. The first-order valence-corrected chi connectivity index (χ1v) is 5.64. The summed E-state index contributed by atoms with van der Waals surface area (Å²) < 4.78 is 0. The Kier molecular flexibility index (Phi) is 2.13. The Bertz CT molecular complexity index is 759. The first kappa shape index (κ1) is 10.8. The van der Waals surface area contributed by atoms with Crippen molar-refractivity contribution in [3.8, 4) is 0 Å². The van der Waals surface area contributed by atoms with Gasteiger partial charge in [0.05, 0.1) is 16.7 Å². The predicted molar refractivity (Wildman–Crippen MR) is 66.7 cm³/mol. The van der Waals surface area contributed by atoms with Gasteiger partial charge < -0.3 is 4.90 Å². The largest absolute Gasteiger partial charge is 0.311 e. The van der Waals surface area contributed by atoms with Crippen molar-refractivity contribution in [2.24, 2.45) is 5.92 Å². The van der Waals surface area contributed by atoms with Crippen LogP contribution >= 0.6 is 0 Å². The molecule has 1 unspecified atom stereocenters. The zero-order valence-corrected chi connectivity index (χ0v) is 9.69. The summed E-state index contributed by atoms with van der Waals surface area (Å²) in [5.74, 6) is 0.0637. The fraction of sp³-hybridized carbons (Fsp3) is 0.250. The summed E-state index contributed by atoms with van der Waals surface area (Å²) >= 11 is 0. The number of carbonyl (C=O) groups excluding carboxylic acids is 1. The number of nitrogens with zero attached hydrogens (tertiary/aromatic N) is 1. The number of anilines is 1. The van der Waals surface area contributed by atoms with E-state index in [4.69, 9.17) is 0 Å². The van der Waals surface area contributed by atoms with Gasteiger partial charge in [-0.1, -0.05) is 6.92 Å². The van der Waals surface area contributed by atoms with Crippen LogP contribution in [0.4, 0.5) is 5.69 Å². The van der Waals surface area contributed by atoms with Crippen molar-refractivity contribution in [2.45, 2.75) is 6.92 Å². The highest BCUT2D eigenvalue weighted by Gasteiger charge is 2.33. The minimum atomic E-state index is -0.368. The Morgan fingerprint density at radius 1 is 1.11 bits per heavy atom. The second-order valence-corrected chi connectivity index (χ2v) is 4.49. The van der Waals surface area contributed by atoms with Crippen LogP contribution in [-0.4, -0.2) is 22.6 Å². The summed E-state index contributed by atoms with van der Waals surface area (Å²) in [6, 6.07) is 4.82. The number of hydrogen-bond donors (Lipinski definition) is 2. The highest BCUT2D eigenvalue weighted by atomic mass is 16.2. The molecule has 92 valence electrons.